The fraction of sp³-hybridized carbons (Fsp3) is 0.259. The molecule has 182 valence electrons. The van der Waals surface area contributed by atoms with Gasteiger partial charge in [0, 0.05) is 40.5 Å². The summed E-state index contributed by atoms with van der Waals surface area (Å²) >= 11 is 6.48. The van der Waals surface area contributed by atoms with Crippen LogP contribution < -0.4 is 11.1 Å². The SMILES string of the molecule is NC1CCC(N(Cc2cc(NC(=O)c3ccc(F)cc3)ccc2Cl)C(=O)c2cccc(F)c2)CC1. The molecule has 0 spiro atoms. The van der Waals surface area contributed by atoms with Crippen molar-refractivity contribution in [3.63, 3.8) is 0 Å². The third-order valence-corrected chi connectivity index (χ3v) is 6.63. The summed E-state index contributed by atoms with van der Waals surface area (Å²) in [6.45, 7) is 0.189. The Hall–Kier alpha value is -3.29. The highest BCUT2D eigenvalue weighted by Crippen LogP contribution is 2.29. The number of nitrogens with two attached hydrogens (primary N) is 1. The lowest BCUT2D eigenvalue weighted by Crippen LogP contribution is -2.44. The molecule has 3 aromatic carbocycles. The van der Waals surface area contributed by atoms with E-state index in [4.69, 9.17) is 17.3 Å². The number of hydrogen-bond acceptors (Lipinski definition) is 3. The minimum atomic E-state index is -0.481. The predicted molar refractivity (Wildman–Crippen MR) is 132 cm³/mol. The Bertz CT molecular complexity index is 1210. The number of nitrogens with one attached hydrogen (secondary N) is 1. The molecule has 8 heteroatoms. The Labute approximate surface area is 207 Å². The zero-order valence-electron chi connectivity index (χ0n) is 19.0. The number of benzene rings is 3. The van der Waals surface area contributed by atoms with Crippen molar-refractivity contribution in [3.05, 3.63) is 100 Å². The summed E-state index contributed by atoms with van der Waals surface area (Å²) in [7, 11) is 0. The van der Waals surface area contributed by atoms with Crippen molar-refractivity contribution in [2.24, 2.45) is 5.73 Å². The number of halogens is 3. The summed E-state index contributed by atoms with van der Waals surface area (Å²) in [5.41, 5.74) is 7.77. The monoisotopic (exact) mass is 497 g/mol. The van der Waals surface area contributed by atoms with Gasteiger partial charge in [0.25, 0.3) is 11.8 Å². The molecule has 1 saturated carbocycles. The highest BCUT2D eigenvalue weighted by molar-refractivity contribution is 6.31. The summed E-state index contributed by atoms with van der Waals surface area (Å²) in [4.78, 5) is 27.7. The van der Waals surface area contributed by atoms with E-state index in [0.717, 1.165) is 25.7 Å². The van der Waals surface area contributed by atoms with Crippen LogP contribution in [0.3, 0.4) is 0 Å². The first-order valence-corrected chi connectivity index (χ1v) is 11.9. The number of carbonyl (C=O) groups is 2. The van der Waals surface area contributed by atoms with Gasteiger partial charge in [-0.2, -0.15) is 0 Å². The van der Waals surface area contributed by atoms with E-state index in [1.807, 2.05) is 0 Å². The van der Waals surface area contributed by atoms with Crippen LogP contribution in [-0.4, -0.2) is 28.8 Å². The van der Waals surface area contributed by atoms with Crippen molar-refractivity contribution in [3.8, 4) is 0 Å². The lowest BCUT2D eigenvalue weighted by atomic mass is 9.90. The van der Waals surface area contributed by atoms with Crippen LogP contribution in [0.2, 0.25) is 5.02 Å². The van der Waals surface area contributed by atoms with Crippen LogP contribution in [-0.2, 0) is 6.54 Å². The topological polar surface area (TPSA) is 75.4 Å². The Morgan fingerprint density at radius 2 is 1.63 bits per heavy atom. The lowest BCUT2D eigenvalue weighted by Gasteiger charge is -2.36. The van der Waals surface area contributed by atoms with Gasteiger partial charge in [-0.15, -0.1) is 0 Å². The van der Waals surface area contributed by atoms with Gasteiger partial charge in [0.15, 0.2) is 0 Å². The third kappa shape index (κ3) is 6.24. The molecule has 2 amide bonds. The smallest absolute Gasteiger partial charge is 0.255 e. The zero-order chi connectivity index (χ0) is 24.9. The largest absolute Gasteiger partial charge is 0.331 e. The highest BCUT2D eigenvalue weighted by Gasteiger charge is 2.29. The summed E-state index contributed by atoms with van der Waals surface area (Å²) in [5.74, 6) is -1.60. The van der Waals surface area contributed by atoms with Gasteiger partial charge >= 0.3 is 0 Å². The van der Waals surface area contributed by atoms with Crippen molar-refractivity contribution in [1.29, 1.82) is 0 Å². The molecular weight excluding hydrogens is 472 g/mol. The van der Waals surface area contributed by atoms with Crippen LogP contribution in [0, 0.1) is 11.6 Å². The van der Waals surface area contributed by atoms with E-state index in [-0.39, 0.29) is 30.1 Å². The molecule has 1 aliphatic carbocycles. The van der Waals surface area contributed by atoms with Gasteiger partial charge < -0.3 is 16.0 Å². The Morgan fingerprint density at radius 1 is 0.914 bits per heavy atom. The Kier molecular flexibility index (Phi) is 7.78. The Balaban J connectivity index is 1.58. The van der Waals surface area contributed by atoms with E-state index in [2.05, 4.69) is 5.32 Å². The molecule has 3 aromatic rings. The minimum absolute atomic E-state index is 0.0703. The molecule has 4 rings (SSSR count). The highest BCUT2D eigenvalue weighted by atomic mass is 35.5. The third-order valence-electron chi connectivity index (χ3n) is 6.27. The molecule has 0 saturated heterocycles. The molecule has 3 N–H and O–H groups in total. The standard InChI is InChI=1S/C27H26ClF2N3O2/c28-25-13-10-23(32-26(34)17-4-6-20(29)7-5-17)15-19(25)16-33(24-11-8-22(31)9-12-24)27(35)18-2-1-3-21(30)14-18/h1-7,10,13-15,22,24H,8-9,11-12,16,31H2,(H,32,34). The van der Waals surface area contributed by atoms with Gasteiger partial charge in [-0.3, -0.25) is 9.59 Å². The van der Waals surface area contributed by atoms with Gasteiger partial charge in [0.1, 0.15) is 11.6 Å². The first kappa shape index (κ1) is 24.8. The van der Waals surface area contributed by atoms with E-state index in [1.54, 1.807) is 29.2 Å². The summed E-state index contributed by atoms with van der Waals surface area (Å²) in [5, 5.41) is 3.22. The molecule has 0 unspecified atom stereocenters. The quantitative estimate of drug-likeness (QED) is 0.453. The second-order valence-corrected chi connectivity index (χ2v) is 9.19. The van der Waals surface area contributed by atoms with Crippen molar-refractivity contribution >= 4 is 29.1 Å². The first-order chi connectivity index (χ1) is 16.8. The molecule has 5 nitrogen and oxygen atoms in total. The van der Waals surface area contributed by atoms with E-state index >= 15 is 0 Å². The van der Waals surface area contributed by atoms with Crippen LogP contribution in [0.5, 0.6) is 0 Å². The molecule has 0 heterocycles. The maximum atomic E-state index is 13.8. The number of anilines is 1. The van der Waals surface area contributed by atoms with Crippen LogP contribution in [0.25, 0.3) is 0 Å². The summed E-state index contributed by atoms with van der Waals surface area (Å²) in [6, 6.07) is 15.9. The van der Waals surface area contributed by atoms with Gasteiger partial charge in [-0.05, 0) is 91.9 Å². The summed E-state index contributed by atoms with van der Waals surface area (Å²) < 4.78 is 27.0. The van der Waals surface area contributed by atoms with Gasteiger partial charge in [0.2, 0.25) is 0 Å². The van der Waals surface area contributed by atoms with Crippen LogP contribution >= 0.6 is 11.6 Å². The average molecular weight is 498 g/mol. The molecule has 0 radical (unpaired) electrons. The molecule has 1 fully saturated rings. The van der Waals surface area contributed by atoms with E-state index in [1.165, 1.54) is 42.5 Å². The van der Waals surface area contributed by atoms with Gasteiger partial charge in [-0.1, -0.05) is 17.7 Å². The van der Waals surface area contributed by atoms with E-state index < -0.39 is 17.5 Å². The number of rotatable bonds is 6. The second kappa shape index (κ2) is 11.0. The molecule has 35 heavy (non-hydrogen) atoms. The molecule has 0 aliphatic heterocycles. The number of carbonyl (C=O) groups excluding carboxylic acids is 2. The average Bonchev–Trinajstić information content (AvgIpc) is 2.85. The minimum Gasteiger partial charge on any atom is -0.331 e. The maximum absolute atomic E-state index is 13.8. The zero-order valence-corrected chi connectivity index (χ0v) is 19.8. The van der Waals surface area contributed by atoms with E-state index in [9.17, 15) is 18.4 Å². The van der Waals surface area contributed by atoms with Gasteiger partial charge in [-0.25, -0.2) is 8.78 Å². The normalized spacial score (nSPS) is 17.6. The molecule has 0 bridgehead atoms. The van der Waals surface area contributed by atoms with E-state index in [0.29, 0.717) is 21.8 Å². The Morgan fingerprint density at radius 3 is 2.31 bits per heavy atom. The molecular formula is C27H26ClF2N3O2. The van der Waals surface area contributed by atoms with Crippen LogP contribution in [0.1, 0.15) is 52.0 Å². The van der Waals surface area contributed by atoms with Crippen molar-refractivity contribution in [1.82, 2.24) is 4.90 Å². The fourth-order valence-electron chi connectivity index (χ4n) is 4.33. The van der Waals surface area contributed by atoms with Crippen LogP contribution in [0.4, 0.5) is 14.5 Å². The van der Waals surface area contributed by atoms with Crippen molar-refractivity contribution in [2.45, 2.75) is 44.3 Å². The summed E-state index contributed by atoms with van der Waals surface area (Å²) in [6.07, 6.45) is 3.06. The molecule has 1 aliphatic rings. The molecule has 0 aromatic heterocycles. The number of nitrogens with zero attached hydrogens (tertiary/aromatic N) is 1. The predicted octanol–water partition coefficient (Wildman–Crippen LogP) is 5.78. The number of amides is 2. The maximum Gasteiger partial charge on any atom is 0.255 e. The second-order valence-electron chi connectivity index (χ2n) is 8.78. The first-order valence-electron chi connectivity index (χ1n) is 11.5. The van der Waals surface area contributed by atoms with Crippen molar-refractivity contribution < 1.29 is 18.4 Å². The number of hydrogen-bond donors (Lipinski definition) is 2. The van der Waals surface area contributed by atoms with Gasteiger partial charge in [0.05, 0.1) is 0 Å². The van der Waals surface area contributed by atoms with Crippen molar-refractivity contribution in [2.75, 3.05) is 5.32 Å². The fourth-order valence-corrected chi connectivity index (χ4v) is 4.51. The molecule has 0 atom stereocenters. The van der Waals surface area contributed by atoms with Crippen LogP contribution in [0.15, 0.2) is 66.7 Å². The lowest BCUT2D eigenvalue weighted by molar-refractivity contribution is 0.0606.